The number of hydrogen-bond donors (Lipinski definition) is 0. The Morgan fingerprint density at radius 3 is 2.87 bits per heavy atom. The lowest BCUT2D eigenvalue weighted by Crippen LogP contribution is -2.38. The number of benzene rings is 1. The van der Waals surface area contributed by atoms with Gasteiger partial charge in [-0.05, 0) is 17.7 Å². The molecule has 1 aromatic rings. The first-order chi connectivity index (χ1) is 7.24. The molecule has 3 nitrogen and oxygen atoms in total. The Kier molecular flexibility index (Phi) is 2.26. The predicted molar refractivity (Wildman–Crippen MR) is 58.0 cm³/mol. The van der Waals surface area contributed by atoms with Crippen molar-refractivity contribution in [3.63, 3.8) is 0 Å². The molecular formula is C12H10N2O. The van der Waals surface area contributed by atoms with Crippen molar-refractivity contribution in [3.05, 3.63) is 35.9 Å². The molecule has 0 saturated carbocycles. The van der Waals surface area contributed by atoms with Crippen LogP contribution in [0.3, 0.4) is 0 Å². The summed E-state index contributed by atoms with van der Waals surface area (Å²) in [4.78, 5) is 13.0. The van der Waals surface area contributed by atoms with Gasteiger partial charge in [0.15, 0.2) is 0 Å². The molecule has 0 N–H and O–H groups in total. The molecule has 0 aromatic heterocycles. The number of carbonyl (C=O) groups is 1. The fourth-order valence-electron chi connectivity index (χ4n) is 1.74. The zero-order valence-corrected chi connectivity index (χ0v) is 8.34. The minimum Gasteiger partial charge on any atom is -0.292 e. The van der Waals surface area contributed by atoms with E-state index in [-0.39, 0.29) is 5.91 Å². The highest BCUT2D eigenvalue weighted by atomic mass is 16.2. The minimum atomic E-state index is -0.489. The van der Waals surface area contributed by atoms with Crippen molar-refractivity contribution in [2.24, 2.45) is 0 Å². The molecule has 74 valence electrons. The maximum absolute atomic E-state index is 11.5. The monoisotopic (exact) mass is 198 g/mol. The summed E-state index contributed by atoms with van der Waals surface area (Å²) in [7, 11) is 0. The van der Waals surface area contributed by atoms with Gasteiger partial charge in [0.05, 0.1) is 11.8 Å². The van der Waals surface area contributed by atoms with E-state index >= 15 is 0 Å². The molecule has 1 aromatic carbocycles. The van der Waals surface area contributed by atoms with Crippen molar-refractivity contribution in [1.29, 1.82) is 5.26 Å². The Hall–Kier alpha value is -2.08. The molecule has 0 bridgehead atoms. The number of anilines is 1. The number of fused-ring (bicyclic) bond motifs is 1. The van der Waals surface area contributed by atoms with Gasteiger partial charge in [-0.2, -0.15) is 5.26 Å². The third kappa shape index (κ3) is 1.50. The van der Waals surface area contributed by atoms with Crippen molar-refractivity contribution in [2.45, 2.75) is 13.0 Å². The van der Waals surface area contributed by atoms with Crippen molar-refractivity contribution >= 4 is 17.7 Å². The fourth-order valence-corrected chi connectivity index (χ4v) is 1.74. The Balaban J connectivity index is 2.55. The van der Waals surface area contributed by atoms with Crippen LogP contribution in [0.4, 0.5) is 5.69 Å². The number of amides is 1. The molecule has 1 amide bonds. The van der Waals surface area contributed by atoms with Crippen LogP contribution in [0.25, 0.3) is 6.08 Å². The first-order valence-corrected chi connectivity index (χ1v) is 4.70. The van der Waals surface area contributed by atoms with Crippen LogP contribution in [0.2, 0.25) is 0 Å². The highest BCUT2D eigenvalue weighted by Gasteiger charge is 2.24. The summed E-state index contributed by atoms with van der Waals surface area (Å²) < 4.78 is 0. The summed E-state index contributed by atoms with van der Waals surface area (Å²) in [5, 5.41) is 8.94. The van der Waals surface area contributed by atoms with Crippen LogP contribution >= 0.6 is 0 Å². The van der Waals surface area contributed by atoms with Crippen molar-refractivity contribution in [3.8, 4) is 6.07 Å². The average Bonchev–Trinajstić information content (AvgIpc) is 2.27. The quantitative estimate of drug-likeness (QED) is 0.639. The fraction of sp³-hybridized carbons (Fsp3) is 0.167. The third-order valence-corrected chi connectivity index (χ3v) is 2.40. The Morgan fingerprint density at radius 1 is 1.47 bits per heavy atom. The second-order valence-electron chi connectivity index (χ2n) is 3.38. The lowest BCUT2D eigenvalue weighted by atomic mass is 10.0. The Labute approximate surface area is 88.2 Å². The van der Waals surface area contributed by atoms with Crippen LogP contribution in [-0.4, -0.2) is 11.9 Å². The van der Waals surface area contributed by atoms with Crippen LogP contribution in [-0.2, 0) is 4.79 Å². The molecule has 1 aliphatic heterocycles. The summed E-state index contributed by atoms with van der Waals surface area (Å²) in [6.45, 7) is 1.47. The van der Waals surface area contributed by atoms with Gasteiger partial charge in [-0.25, -0.2) is 0 Å². The molecule has 0 unspecified atom stereocenters. The molecule has 0 radical (unpaired) electrons. The Bertz CT molecular complexity index is 471. The van der Waals surface area contributed by atoms with Crippen LogP contribution in [0.15, 0.2) is 30.3 Å². The standard InChI is InChI=1S/C12H10N2O/c1-9(15)14-11(8-13)7-6-10-4-2-3-5-12(10)14/h2-7,11H,1H3/t11-/m0/s1. The highest BCUT2D eigenvalue weighted by Crippen LogP contribution is 2.28. The number of carbonyl (C=O) groups excluding carboxylic acids is 1. The van der Waals surface area contributed by atoms with E-state index < -0.39 is 6.04 Å². The largest absolute Gasteiger partial charge is 0.292 e. The maximum atomic E-state index is 11.5. The number of nitriles is 1. The summed E-state index contributed by atoms with van der Waals surface area (Å²) in [5.41, 5.74) is 1.78. The second kappa shape index (κ2) is 3.58. The normalized spacial score (nSPS) is 18.1. The molecule has 0 saturated heterocycles. The SMILES string of the molecule is CC(=O)N1c2ccccc2C=C[C@H]1C#N. The van der Waals surface area contributed by atoms with Crippen molar-refractivity contribution in [1.82, 2.24) is 0 Å². The van der Waals surface area contributed by atoms with Gasteiger partial charge in [0.25, 0.3) is 0 Å². The maximum Gasteiger partial charge on any atom is 0.225 e. The molecule has 0 aliphatic carbocycles. The summed E-state index contributed by atoms with van der Waals surface area (Å²) in [6.07, 6.45) is 3.62. The summed E-state index contributed by atoms with van der Waals surface area (Å²) in [5.74, 6) is -0.113. The first kappa shape index (κ1) is 9.47. The molecular weight excluding hydrogens is 188 g/mol. The predicted octanol–water partition coefficient (Wildman–Crippen LogP) is 1.96. The molecule has 0 spiro atoms. The van der Waals surface area contributed by atoms with E-state index in [0.29, 0.717) is 0 Å². The van der Waals surface area contributed by atoms with E-state index in [1.54, 1.807) is 6.08 Å². The van der Waals surface area contributed by atoms with E-state index in [1.165, 1.54) is 11.8 Å². The van der Waals surface area contributed by atoms with E-state index in [1.807, 2.05) is 30.3 Å². The van der Waals surface area contributed by atoms with Gasteiger partial charge >= 0.3 is 0 Å². The first-order valence-electron chi connectivity index (χ1n) is 4.70. The number of rotatable bonds is 0. The van der Waals surface area contributed by atoms with Crippen LogP contribution in [0.5, 0.6) is 0 Å². The minimum absolute atomic E-state index is 0.113. The molecule has 1 atom stereocenters. The highest BCUT2D eigenvalue weighted by molar-refractivity contribution is 5.97. The smallest absolute Gasteiger partial charge is 0.225 e. The lowest BCUT2D eigenvalue weighted by Gasteiger charge is -2.28. The molecule has 1 heterocycles. The van der Waals surface area contributed by atoms with Gasteiger partial charge in [0, 0.05) is 6.92 Å². The molecule has 3 heteroatoms. The van der Waals surface area contributed by atoms with Crippen LogP contribution in [0, 0.1) is 11.3 Å². The third-order valence-electron chi connectivity index (χ3n) is 2.40. The Morgan fingerprint density at radius 2 is 2.20 bits per heavy atom. The van der Waals surface area contributed by atoms with Gasteiger partial charge in [0.2, 0.25) is 5.91 Å². The number of hydrogen-bond acceptors (Lipinski definition) is 2. The zero-order chi connectivity index (χ0) is 10.8. The lowest BCUT2D eigenvalue weighted by molar-refractivity contribution is -0.116. The van der Waals surface area contributed by atoms with Gasteiger partial charge in [-0.1, -0.05) is 24.3 Å². The zero-order valence-electron chi connectivity index (χ0n) is 8.34. The second-order valence-corrected chi connectivity index (χ2v) is 3.38. The topological polar surface area (TPSA) is 44.1 Å². The van der Waals surface area contributed by atoms with E-state index in [9.17, 15) is 4.79 Å². The van der Waals surface area contributed by atoms with Gasteiger partial charge < -0.3 is 0 Å². The molecule has 1 aliphatic rings. The number of para-hydroxylation sites is 1. The van der Waals surface area contributed by atoms with Crippen molar-refractivity contribution < 1.29 is 4.79 Å². The molecule has 15 heavy (non-hydrogen) atoms. The van der Waals surface area contributed by atoms with E-state index in [0.717, 1.165) is 11.3 Å². The van der Waals surface area contributed by atoms with Crippen LogP contribution in [0.1, 0.15) is 12.5 Å². The van der Waals surface area contributed by atoms with Crippen molar-refractivity contribution in [2.75, 3.05) is 4.90 Å². The molecule has 0 fully saturated rings. The average molecular weight is 198 g/mol. The molecule has 2 rings (SSSR count). The number of nitrogens with zero attached hydrogens (tertiary/aromatic N) is 2. The van der Waals surface area contributed by atoms with E-state index in [2.05, 4.69) is 6.07 Å². The van der Waals surface area contributed by atoms with Crippen LogP contribution < -0.4 is 4.90 Å². The summed E-state index contributed by atoms with van der Waals surface area (Å²) in [6, 6.07) is 9.16. The van der Waals surface area contributed by atoms with Gasteiger partial charge in [-0.3, -0.25) is 9.69 Å². The van der Waals surface area contributed by atoms with Gasteiger partial charge in [0.1, 0.15) is 6.04 Å². The van der Waals surface area contributed by atoms with E-state index in [4.69, 9.17) is 5.26 Å². The summed E-state index contributed by atoms with van der Waals surface area (Å²) >= 11 is 0. The van der Waals surface area contributed by atoms with Gasteiger partial charge in [-0.15, -0.1) is 0 Å².